The molecule has 5 heteroatoms. The molecule has 0 saturated heterocycles. The number of hydrogen-bond acceptors (Lipinski definition) is 3. The molecular formula is C20H19N3O2. The average Bonchev–Trinajstić information content (AvgIpc) is 3.10. The van der Waals surface area contributed by atoms with Crippen LogP contribution in [0.2, 0.25) is 0 Å². The Morgan fingerprint density at radius 3 is 2.68 bits per heavy atom. The van der Waals surface area contributed by atoms with Gasteiger partial charge in [-0.1, -0.05) is 36.4 Å². The number of ether oxygens (including phenoxy) is 1. The highest BCUT2D eigenvalue weighted by atomic mass is 16.5. The van der Waals surface area contributed by atoms with Gasteiger partial charge in [-0.15, -0.1) is 0 Å². The van der Waals surface area contributed by atoms with Crippen LogP contribution in [0.25, 0.3) is 11.8 Å². The van der Waals surface area contributed by atoms with E-state index >= 15 is 0 Å². The van der Waals surface area contributed by atoms with Crippen molar-refractivity contribution in [1.29, 1.82) is 0 Å². The number of rotatable bonds is 6. The molecule has 0 saturated carbocycles. The van der Waals surface area contributed by atoms with Gasteiger partial charge in [0.1, 0.15) is 5.75 Å². The summed E-state index contributed by atoms with van der Waals surface area (Å²) in [6.45, 7) is 2.50. The number of carbonyl (C=O) groups is 1. The molecule has 1 aromatic heterocycles. The Kier molecular flexibility index (Phi) is 5.26. The summed E-state index contributed by atoms with van der Waals surface area (Å²) in [5.41, 5.74) is 1.79. The zero-order valence-corrected chi connectivity index (χ0v) is 13.9. The number of nitrogens with one attached hydrogen (secondary N) is 1. The maximum absolute atomic E-state index is 12.1. The molecule has 3 aromatic rings. The zero-order chi connectivity index (χ0) is 17.5. The summed E-state index contributed by atoms with van der Waals surface area (Å²) in [4.78, 5) is 12.1. The molecular weight excluding hydrogens is 314 g/mol. The van der Waals surface area contributed by atoms with Gasteiger partial charge >= 0.3 is 0 Å². The van der Waals surface area contributed by atoms with Crippen molar-refractivity contribution in [3.63, 3.8) is 0 Å². The first-order valence-corrected chi connectivity index (χ1v) is 8.08. The number of hydrogen-bond donors (Lipinski definition) is 1. The molecule has 0 fully saturated rings. The highest BCUT2D eigenvalue weighted by molar-refractivity contribution is 6.01. The molecule has 0 atom stereocenters. The van der Waals surface area contributed by atoms with Crippen LogP contribution in [0, 0.1) is 0 Å². The fraction of sp³-hybridized carbons (Fsp3) is 0.100. The summed E-state index contributed by atoms with van der Waals surface area (Å²) in [6, 6.07) is 19.1. The number of nitrogens with zero attached hydrogens (tertiary/aromatic N) is 2. The Morgan fingerprint density at radius 2 is 1.88 bits per heavy atom. The van der Waals surface area contributed by atoms with Crippen molar-refractivity contribution in [3.05, 3.63) is 78.5 Å². The summed E-state index contributed by atoms with van der Waals surface area (Å²) < 4.78 is 7.25. The van der Waals surface area contributed by atoms with Gasteiger partial charge in [-0.05, 0) is 31.2 Å². The van der Waals surface area contributed by atoms with E-state index in [1.54, 1.807) is 23.0 Å². The topological polar surface area (TPSA) is 56.1 Å². The van der Waals surface area contributed by atoms with Crippen molar-refractivity contribution < 1.29 is 9.53 Å². The van der Waals surface area contributed by atoms with Gasteiger partial charge in [0.25, 0.3) is 0 Å². The Hall–Kier alpha value is -3.34. The van der Waals surface area contributed by atoms with Gasteiger partial charge in [-0.2, -0.15) is 5.10 Å². The van der Waals surface area contributed by atoms with Crippen LogP contribution in [-0.2, 0) is 4.79 Å². The van der Waals surface area contributed by atoms with E-state index in [9.17, 15) is 4.79 Å². The smallest absolute Gasteiger partial charge is 0.249 e. The lowest BCUT2D eigenvalue weighted by atomic mass is 10.2. The van der Waals surface area contributed by atoms with E-state index in [4.69, 9.17) is 4.74 Å². The first-order chi connectivity index (χ1) is 12.3. The third-order valence-corrected chi connectivity index (χ3v) is 3.49. The molecule has 5 nitrogen and oxygen atoms in total. The summed E-state index contributed by atoms with van der Waals surface area (Å²) in [5, 5.41) is 7.10. The lowest BCUT2D eigenvalue weighted by molar-refractivity contribution is -0.111. The predicted octanol–water partition coefficient (Wildman–Crippen LogP) is 3.92. The van der Waals surface area contributed by atoms with E-state index in [1.807, 2.05) is 61.5 Å². The van der Waals surface area contributed by atoms with E-state index in [2.05, 4.69) is 10.4 Å². The van der Waals surface area contributed by atoms with Crippen molar-refractivity contribution in [2.75, 3.05) is 11.9 Å². The number of anilines is 1. The first-order valence-electron chi connectivity index (χ1n) is 8.08. The largest absolute Gasteiger partial charge is 0.493 e. The molecule has 0 bridgehead atoms. The van der Waals surface area contributed by atoms with Crippen LogP contribution >= 0.6 is 0 Å². The summed E-state index contributed by atoms with van der Waals surface area (Å²) >= 11 is 0. The van der Waals surface area contributed by atoms with Crippen LogP contribution in [0.5, 0.6) is 5.75 Å². The third-order valence-electron chi connectivity index (χ3n) is 3.49. The number of aromatic nitrogens is 2. The van der Waals surface area contributed by atoms with E-state index in [0.717, 1.165) is 17.0 Å². The Morgan fingerprint density at radius 1 is 1.12 bits per heavy atom. The van der Waals surface area contributed by atoms with E-state index in [1.165, 1.54) is 6.08 Å². The molecule has 0 radical (unpaired) electrons. The number of para-hydroxylation sites is 2. The SMILES string of the molecule is CCOc1ccccc1/C=C/C(=O)Nc1ccn(-c2ccccc2)n1. The van der Waals surface area contributed by atoms with Gasteiger partial charge in [-0.25, -0.2) is 4.68 Å². The van der Waals surface area contributed by atoms with Crippen LogP contribution in [0.4, 0.5) is 5.82 Å². The second-order valence-electron chi connectivity index (χ2n) is 5.27. The normalized spacial score (nSPS) is 10.8. The maximum atomic E-state index is 12.1. The van der Waals surface area contributed by atoms with Gasteiger partial charge in [0.05, 0.1) is 12.3 Å². The standard InChI is InChI=1S/C20H19N3O2/c1-2-25-18-11-7-6-8-16(18)12-13-20(24)21-19-14-15-23(22-19)17-9-4-3-5-10-17/h3-15H,2H2,1H3,(H,21,22,24)/b13-12+. The van der Waals surface area contributed by atoms with Gasteiger partial charge in [-0.3, -0.25) is 4.79 Å². The monoisotopic (exact) mass is 333 g/mol. The Bertz CT molecular complexity index is 869. The second-order valence-corrected chi connectivity index (χ2v) is 5.27. The van der Waals surface area contributed by atoms with E-state index in [0.29, 0.717) is 12.4 Å². The minimum atomic E-state index is -0.246. The van der Waals surface area contributed by atoms with Crippen molar-refractivity contribution in [2.45, 2.75) is 6.92 Å². The van der Waals surface area contributed by atoms with Crippen LogP contribution in [0.15, 0.2) is 72.9 Å². The van der Waals surface area contributed by atoms with Crippen LogP contribution < -0.4 is 10.1 Å². The Labute approximate surface area is 146 Å². The molecule has 126 valence electrons. The van der Waals surface area contributed by atoms with Gasteiger partial charge in [0.15, 0.2) is 5.82 Å². The van der Waals surface area contributed by atoms with Crippen LogP contribution in [0.3, 0.4) is 0 Å². The molecule has 0 aliphatic carbocycles. The molecule has 0 aliphatic rings. The molecule has 3 rings (SSSR count). The minimum absolute atomic E-state index is 0.246. The summed E-state index contributed by atoms with van der Waals surface area (Å²) in [6.07, 6.45) is 5.01. The lowest BCUT2D eigenvalue weighted by Gasteiger charge is -2.06. The number of carbonyl (C=O) groups excluding carboxylic acids is 1. The summed E-state index contributed by atoms with van der Waals surface area (Å²) in [5.74, 6) is 1.00. The number of amides is 1. The van der Waals surface area contributed by atoms with Crippen molar-refractivity contribution in [2.24, 2.45) is 0 Å². The van der Waals surface area contributed by atoms with Gasteiger partial charge in [0, 0.05) is 23.9 Å². The molecule has 2 aromatic carbocycles. The van der Waals surface area contributed by atoms with Crippen LogP contribution in [-0.4, -0.2) is 22.3 Å². The minimum Gasteiger partial charge on any atom is -0.493 e. The molecule has 0 unspecified atom stereocenters. The van der Waals surface area contributed by atoms with E-state index in [-0.39, 0.29) is 5.91 Å². The van der Waals surface area contributed by atoms with Crippen molar-refractivity contribution in [1.82, 2.24) is 9.78 Å². The fourth-order valence-corrected chi connectivity index (χ4v) is 2.35. The average molecular weight is 333 g/mol. The first kappa shape index (κ1) is 16.5. The quantitative estimate of drug-likeness (QED) is 0.696. The summed E-state index contributed by atoms with van der Waals surface area (Å²) in [7, 11) is 0. The van der Waals surface area contributed by atoms with Crippen LogP contribution in [0.1, 0.15) is 12.5 Å². The van der Waals surface area contributed by atoms with Gasteiger partial charge < -0.3 is 10.1 Å². The highest BCUT2D eigenvalue weighted by Gasteiger charge is 2.04. The zero-order valence-electron chi connectivity index (χ0n) is 13.9. The molecule has 0 spiro atoms. The fourth-order valence-electron chi connectivity index (χ4n) is 2.35. The molecule has 25 heavy (non-hydrogen) atoms. The number of benzene rings is 2. The molecule has 1 amide bonds. The van der Waals surface area contributed by atoms with Crippen molar-refractivity contribution >= 4 is 17.8 Å². The third kappa shape index (κ3) is 4.35. The molecule has 0 aliphatic heterocycles. The lowest BCUT2D eigenvalue weighted by Crippen LogP contribution is -2.08. The Balaban J connectivity index is 1.66. The maximum Gasteiger partial charge on any atom is 0.249 e. The second kappa shape index (κ2) is 7.97. The molecule has 1 heterocycles. The van der Waals surface area contributed by atoms with E-state index < -0.39 is 0 Å². The van der Waals surface area contributed by atoms with Gasteiger partial charge in [0.2, 0.25) is 5.91 Å². The molecule has 1 N–H and O–H groups in total. The predicted molar refractivity (Wildman–Crippen MR) is 98.8 cm³/mol. The van der Waals surface area contributed by atoms with Crippen molar-refractivity contribution in [3.8, 4) is 11.4 Å². The highest BCUT2D eigenvalue weighted by Crippen LogP contribution is 2.19.